The molecule has 0 spiro atoms. The van der Waals surface area contributed by atoms with E-state index >= 15 is 0 Å². The number of carboxylic acid groups (broad SMARTS) is 1. The third-order valence-corrected chi connectivity index (χ3v) is 3.70. The van der Waals surface area contributed by atoms with Crippen LogP contribution in [-0.4, -0.2) is 22.2 Å². The highest BCUT2D eigenvalue weighted by Gasteiger charge is 2.12. The molecule has 6 nitrogen and oxygen atoms in total. The fraction of sp³-hybridized carbons (Fsp3) is 0.222. The molecule has 1 aromatic heterocycles. The molecule has 2 aromatic carbocycles. The molecule has 124 valence electrons. The van der Waals surface area contributed by atoms with Crippen molar-refractivity contribution in [2.75, 3.05) is 6.61 Å². The first-order valence-corrected chi connectivity index (χ1v) is 7.70. The number of nitrogens with zero attached hydrogens (tertiary/aromatic N) is 1. The van der Waals surface area contributed by atoms with Crippen molar-refractivity contribution < 1.29 is 19.1 Å². The van der Waals surface area contributed by atoms with E-state index in [1.165, 1.54) is 16.7 Å². The molecule has 0 fully saturated rings. The predicted octanol–water partition coefficient (Wildman–Crippen LogP) is 3.15. The lowest BCUT2D eigenvalue weighted by Gasteiger charge is -2.06. The van der Waals surface area contributed by atoms with Gasteiger partial charge in [-0.05, 0) is 43.2 Å². The van der Waals surface area contributed by atoms with E-state index in [2.05, 4.69) is 0 Å². The number of fused-ring (bicyclic) bond motifs is 1. The number of unbranched alkanes of at least 4 members (excludes halogenated alkanes) is 1. The van der Waals surface area contributed by atoms with Gasteiger partial charge in [0.15, 0.2) is 5.58 Å². The SMILES string of the molecule is O=C(O)c1ccc2c(c1)oc(=O)n2CCCCOc1ccccc1. The molecule has 0 atom stereocenters. The summed E-state index contributed by atoms with van der Waals surface area (Å²) in [6.45, 7) is 1.06. The molecular formula is C18H17NO5. The first-order valence-electron chi connectivity index (χ1n) is 7.70. The van der Waals surface area contributed by atoms with Crippen molar-refractivity contribution >= 4 is 17.1 Å². The molecule has 0 unspecified atom stereocenters. The Kier molecular flexibility index (Phi) is 4.65. The van der Waals surface area contributed by atoms with Gasteiger partial charge >= 0.3 is 11.7 Å². The van der Waals surface area contributed by atoms with Crippen molar-refractivity contribution in [3.05, 3.63) is 64.6 Å². The van der Waals surface area contributed by atoms with Crippen LogP contribution in [0.5, 0.6) is 5.75 Å². The number of aromatic nitrogens is 1. The Labute approximate surface area is 137 Å². The van der Waals surface area contributed by atoms with Crippen LogP contribution in [0, 0.1) is 0 Å². The predicted molar refractivity (Wildman–Crippen MR) is 88.6 cm³/mol. The Morgan fingerprint density at radius 2 is 1.92 bits per heavy atom. The number of para-hydroxylation sites is 1. The summed E-state index contributed by atoms with van der Waals surface area (Å²) < 4.78 is 12.3. The second kappa shape index (κ2) is 7.04. The lowest BCUT2D eigenvalue weighted by atomic mass is 10.2. The van der Waals surface area contributed by atoms with Crippen LogP contribution in [0.1, 0.15) is 23.2 Å². The molecule has 0 radical (unpaired) electrons. The molecule has 1 N–H and O–H groups in total. The number of ether oxygens (including phenoxy) is 1. The van der Waals surface area contributed by atoms with Crippen molar-refractivity contribution in [1.82, 2.24) is 4.57 Å². The summed E-state index contributed by atoms with van der Waals surface area (Å²) in [5, 5.41) is 8.97. The Morgan fingerprint density at radius 3 is 2.67 bits per heavy atom. The molecule has 0 aliphatic rings. The summed E-state index contributed by atoms with van der Waals surface area (Å²) >= 11 is 0. The van der Waals surface area contributed by atoms with E-state index in [4.69, 9.17) is 14.3 Å². The molecule has 0 aliphatic carbocycles. The molecule has 0 aliphatic heterocycles. The third kappa shape index (κ3) is 3.48. The van der Waals surface area contributed by atoms with Gasteiger partial charge in [0.05, 0.1) is 17.7 Å². The zero-order chi connectivity index (χ0) is 16.9. The maximum atomic E-state index is 11.9. The Bertz CT molecular complexity index is 895. The second-order valence-electron chi connectivity index (χ2n) is 5.38. The van der Waals surface area contributed by atoms with E-state index in [0.29, 0.717) is 24.3 Å². The highest BCUT2D eigenvalue weighted by molar-refractivity contribution is 5.91. The molecule has 6 heteroatoms. The molecule has 0 bridgehead atoms. The van der Waals surface area contributed by atoms with Crippen molar-refractivity contribution in [2.45, 2.75) is 19.4 Å². The topological polar surface area (TPSA) is 81.7 Å². The lowest BCUT2D eigenvalue weighted by molar-refractivity contribution is 0.0697. The monoisotopic (exact) mass is 327 g/mol. The first-order chi connectivity index (χ1) is 11.6. The van der Waals surface area contributed by atoms with Gasteiger partial charge in [-0.15, -0.1) is 0 Å². The number of aryl methyl sites for hydroxylation is 1. The van der Waals surface area contributed by atoms with Crippen LogP contribution in [0.25, 0.3) is 11.1 Å². The zero-order valence-corrected chi connectivity index (χ0v) is 13.0. The van der Waals surface area contributed by atoms with Crippen LogP contribution < -0.4 is 10.5 Å². The number of benzene rings is 2. The minimum absolute atomic E-state index is 0.0969. The first kappa shape index (κ1) is 15.9. The molecule has 1 heterocycles. The van der Waals surface area contributed by atoms with Crippen LogP contribution in [0.3, 0.4) is 0 Å². The molecule has 0 amide bonds. The van der Waals surface area contributed by atoms with E-state index in [0.717, 1.165) is 18.6 Å². The van der Waals surface area contributed by atoms with Crippen LogP contribution >= 0.6 is 0 Å². The van der Waals surface area contributed by atoms with E-state index < -0.39 is 11.7 Å². The van der Waals surface area contributed by atoms with Gasteiger partial charge in [-0.2, -0.15) is 0 Å². The summed E-state index contributed by atoms with van der Waals surface area (Å²) in [6, 6.07) is 14.0. The molecular weight excluding hydrogens is 310 g/mol. The number of oxazole rings is 1. The minimum atomic E-state index is -1.05. The lowest BCUT2D eigenvalue weighted by Crippen LogP contribution is -2.14. The van der Waals surface area contributed by atoms with Gasteiger partial charge in [-0.25, -0.2) is 9.59 Å². The number of hydrogen-bond donors (Lipinski definition) is 1. The van der Waals surface area contributed by atoms with E-state index in [-0.39, 0.29) is 5.56 Å². The van der Waals surface area contributed by atoms with Gasteiger partial charge < -0.3 is 14.3 Å². The van der Waals surface area contributed by atoms with E-state index in [1.54, 1.807) is 6.07 Å². The highest BCUT2D eigenvalue weighted by atomic mass is 16.5. The zero-order valence-electron chi connectivity index (χ0n) is 13.0. The molecule has 0 saturated heterocycles. The summed E-state index contributed by atoms with van der Waals surface area (Å²) in [7, 11) is 0. The summed E-state index contributed by atoms with van der Waals surface area (Å²) in [5.74, 6) is -0.702. The van der Waals surface area contributed by atoms with Gasteiger partial charge in [0.2, 0.25) is 0 Å². The van der Waals surface area contributed by atoms with Gasteiger partial charge in [-0.3, -0.25) is 4.57 Å². The maximum absolute atomic E-state index is 11.9. The molecule has 0 saturated carbocycles. The molecule has 3 aromatic rings. The number of aromatic carboxylic acids is 1. The average Bonchev–Trinajstić information content (AvgIpc) is 2.90. The smallest absolute Gasteiger partial charge is 0.419 e. The van der Waals surface area contributed by atoms with Crippen molar-refractivity contribution in [1.29, 1.82) is 0 Å². The van der Waals surface area contributed by atoms with Crippen molar-refractivity contribution in [2.24, 2.45) is 0 Å². The standard InChI is InChI=1S/C18H17NO5/c20-17(21)13-8-9-15-16(12-13)24-18(22)19(15)10-4-5-11-23-14-6-2-1-3-7-14/h1-3,6-9,12H,4-5,10-11H2,(H,20,21). The number of carbonyl (C=O) groups is 1. The fourth-order valence-electron chi connectivity index (χ4n) is 2.49. The quantitative estimate of drug-likeness (QED) is 0.674. The van der Waals surface area contributed by atoms with E-state index in [1.807, 2.05) is 30.3 Å². The van der Waals surface area contributed by atoms with E-state index in [9.17, 15) is 9.59 Å². The third-order valence-electron chi connectivity index (χ3n) is 3.70. The Morgan fingerprint density at radius 1 is 1.12 bits per heavy atom. The van der Waals surface area contributed by atoms with Gasteiger partial charge in [0.25, 0.3) is 0 Å². The van der Waals surface area contributed by atoms with Crippen molar-refractivity contribution in [3.63, 3.8) is 0 Å². The minimum Gasteiger partial charge on any atom is -0.494 e. The van der Waals surface area contributed by atoms with Crippen LogP contribution in [0.15, 0.2) is 57.7 Å². The van der Waals surface area contributed by atoms with Gasteiger partial charge in [0, 0.05) is 6.54 Å². The fourth-order valence-corrected chi connectivity index (χ4v) is 2.49. The van der Waals surface area contributed by atoms with Crippen LogP contribution in [-0.2, 0) is 6.54 Å². The van der Waals surface area contributed by atoms with Crippen LogP contribution in [0.4, 0.5) is 0 Å². The maximum Gasteiger partial charge on any atom is 0.419 e. The number of rotatable bonds is 7. The highest BCUT2D eigenvalue weighted by Crippen LogP contribution is 2.16. The summed E-state index contributed by atoms with van der Waals surface area (Å²) in [6.07, 6.45) is 1.54. The Hall–Kier alpha value is -3.02. The molecule has 24 heavy (non-hydrogen) atoms. The van der Waals surface area contributed by atoms with Gasteiger partial charge in [0.1, 0.15) is 5.75 Å². The largest absolute Gasteiger partial charge is 0.494 e. The normalized spacial score (nSPS) is 10.8. The number of carboxylic acids is 1. The van der Waals surface area contributed by atoms with Crippen LogP contribution in [0.2, 0.25) is 0 Å². The average molecular weight is 327 g/mol. The summed E-state index contributed by atoms with van der Waals surface area (Å²) in [5.41, 5.74) is 0.995. The second-order valence-corrected chi connectivity index (χ2v) is 5.38. The summed E-state index contributed by atoms with van der Waals surface area (Å²) in [4.78, 5) is 22.9. The Balaban J connectivity index is 1.60. The van der Waals surface area contributed by atoms with Gasteiger partial charge in [-0.1, -0.05) is 18.2 Å². The molecule has 3 rings (SSSR count). The van der Waals surface area contributed by atoms with Crippen molar-refractivity contribution in [3.8, 4) is 5.75 Å². The number of hydrogen-bond acceptors (Lipinski definition) is 4.